The minimum absolute atomic E-state index is 0.122. The first kappa shape index (κ1) is 14.9. The summed E-state index contributed by atoms with van der Waals surface area (Å²) in [6, 6.07) is 3.41. The number of amides is 1. The Labute approximate surface area is 110 Å². The Morgan fingerprint density at radius 1 is 1.53 bits per heavy atom. The van der Waals surface area contributed by atoms with Gasteiger partial charge in [-0.1, -0.05) is 0 Å². The van der Waals surface area contributed by atoms with Crippen molar-refractivity contribution in [3.8, 4) is 5.75 Å². The monoisotopic (exact) mass is 268 g/mol. The van der Waals surface area contributed by atoms with Crippen LogP contribution in [0.25, 0.3) is 0 Å². The molecule has 0 spiro atoms. The maximum Gasteiger partial charge on any atom is 0.282 e. The average molecular weight is 268 g/mol. The molecule has 1 aromatic carbocycles. The molecule has 0 aliphatic carbocycles. The minimum atomic E-state index is -0.642. The number of nitro groups is 1. The van der Waals surface area contributed by atoms with E-state index in [2.05, 4.69) is 0 Å². The van der Waals surface area contributed by atoms with E-state index in [1.54, 1.807) is 6.92 Å². The van der Waals surface area contributed by atoms with Crippen LogP contribution in [0.5, 0.6) is 5.75 Å². The number of hydrogen-bond donors (Lipinski definition) is 1. The Morgan fingerprint density at radius 2 is 2.21 bits per heavy atom. The molecule has 0 aromatic heterocycles. The average Bonchev–Trinajstić information content (AvgIpc) is 2.38. The van der Waals surface area contributed by atoms with Crippen LogP contribution < -0.4 is 0 Å². The number of carbonyl (C=O) groups excluding carboxylic acids is 1. The Bertz CT molecular complexity index is 475. The van der Waals surface area contributed by atoms with E-state index in [-0.39, 0.29) is 17.0 Å². The van der Waals surface area contributed by atoms with Gasteiger partial charge in [-0.3, -0.25) is 14.9 Å². The van der Waals surface area contributed by atoms with Gasteiger partial charge in [-0.25, -0.2) is 0 Å². The van der Waals surface area contributed by atoms with E-state index in [1.165, 1.54) is 18.1 Å². The summed E-state index contributed by atoms with van der Waals surface area (Å²) in [5.74, 6) is -0.682. The van der Waals surface area contributed by atoms with Crippen LogP contribution in [-0.4, -0.2) is 47.6 Å². The number of nitrogens with zero attached hydrogens (tertiary/aromatic N) is 2. The molecule has 1 N–H and O–H groups in total. The van der Waals surface area contributed by atoms with Crippen molar-refractivity contribution in [1.82, 2.24) is 4.90 Å². The number of rotatable bonds is 6. The second-order valence-electron chi connectivity index (χ2n) is 3.84. The van der Waals surface area contributed by atoms with Crippen molar-refractivity contribution in [2.75, 3.05) is 26.8 Å². The van der Waals surface area contributed by atoms with Crippen LogP contribution in [0.1, 0.15) is 17.3 Å². The summed E-state index contributed by atoms with van der Waals surface area (Å²) in [5.41, 5.74) is -0.443. The summed E-state index contributed by atoms with van der Waals surface area (Å²) >= 11 is 0. The van der Waals surface area contributed by atoms with Crippen molar-refractivity contribution < 1.29 is 19.6 Å². The van der Waals surface area contributed by atoms with Gasteiger partial charge in [0, 0.05) is 26.3 Å². The zero-order chi connectivity index (χ0) is 14.4. The second kappa shape index (κ2) is 6.69. The molecular formula is C12H16N2O5. The Morgan fingerprint density at radius 3 is 2.74 bits per heavy atom. The molecule has 0 heterocycles. The van der Waals surface area contributed by atoms with E-state index in [0.29, 0.717) is 19.7 Å². The quantitative estimate of drug-likeness (QED) is 0.622. The number of carbonyl (C=O) groups is 1. The number of ether oxygens (including phenoxy) is 1. The standard InChI is InChI=1S/C12H16N2O5/c1-3-13(6-7-19-2)12(16)10-8-9(15)4-5-11(10)14(17)18/h4-5,8,15H,3,6-7H2,1-2H3. The molecule has 0 saturated heterocycles. The number of aromatic hydroxyl groups is 1. The molecule has 0 saturated carbocycles. The van der Waals surface area contributed by atoms with Gasteiger partial charge in [0.2, 0.25) is 0 Å². The van der Waals surface area contributed by atoms with E-state index in [4.69, 9.17) is 4.74 Å². The largest absolute Gasteiger partial charge is 0.508 e. The molecular weight excluding hydrogens is 252 g/mol. The minimum Gasteiger partial charge on any atom is -0.508 e. The third-order valence-corrected chi connectivity index (χ3v) is 2.64. The highest BCUT2D eigenvalue weighted by molar-refractivity contribution is 5.98. The Kier molecular flexibility index (Phi) is 5.25. The highest BCUT2D eigenvalue weighted by Crippen LogP contribution is 2.24. The van der Waals surface area contributed by atoms with Crippen LogP contribution >= 0.6 is 0 Å². The van der Waals surface area contributed by atoms with Crippen LogP contribution in [0.15, 0.2) is 18.2 Å². The smallest absolute Gasteiger partial charge is 0.282 e. The summed E-state index contributed by atoms with van der Waals surface area (Å²) in [4.78, 5) is 23.9. The zero-order valence-corrected chi connectivity index (χ0v) is 10.8. The molecule has 1 aromatic rings. The van der Waals surface area contributed by atoms with Crippen molar-refractivity contribution in [3.63, 3.8) is 0 Å². The highest BCUT2D eigenvalue weighted by atomic mass is 16.6. The highest BCUT2D eigenvalue weighted by Gasteiger charge is 2.24. The Balaban J connectivity index is 3.09. The van der Waals surface area contributed by atoms with E-state index >= 15 is 0 Å². The molecule has 104 valence electrons. The molecule has 0 unspecified atom stereocenters. The fourth-order valence-corrected chi connectivity index (χ4v) is 1.63. The predicted molar refractivity (Wildman–Crippen MR) is 68.2 cm³/mol. The van der Waals surface area contributed by atoms with Crippen molar-refractivity contribution in [1.29, 1.82) is 0 Å². The fourth-order valence-electron chi connectivity index (χ4n) is 1.63. The number of benzene rings is 1. The van der Waals surface area contributed by atoms with Gasteiger partial charge in [0.1, 0.15) is 11.3 Å². The first-order chi connectivity index (χ1) is 9.01. The molecule has 0 fully saturated rings. The SMILES string of the molecule is CCN(CCOC)C(=O)c1cc(O)ccc1[N+](=O)[O-]. The number of nitro benzene ring substituents is 1. The van der Waals surface area contributed by atoms with Crippen LogP contribution in [0.4, 0.5) is 5.69 Å². The maximum absolute atomic E-state index is 12.2. The van der Waals surface area contributed by atoms with Gasteiger partial charge < -0.3 is 14.7 Å². The summed E-state index contributed by atoms with van der Waals surface area (Å²) in [5, 5.41) is 20.3. The second-order valence-corrected chi connectivity index (χ2v) is 3.84. The van der Waals surface area contributed by atoms with Crippen LogP contribution in [0.3, 0.4) is 0 Å². The molecule has 1 rings (SSSR count). The first-order valence-electron chi connectivity index (χ1n) is 5.76. The number of methoxy groups -OCH3 is 1. The van der Waals surface area contributed by atoms with Gasteiger partial charge in [-0.2, -0.15) is 0 Å². The summed E-state index contributed by atoms with van der Waals surface area (Å²) < 4.78 is 4.88. The van der Waals surface area contributed by atoms with Crippen molar-refractivity contribution >= 4 is 11.6 Å². The van der Waals surface area contributed by atoms with E-state index < -0.39 is 10.8 Å². The zero-order valence-electron chi connectivity index (χ0n) is 10.8. The van der Waals surface area contributed by atoms with E-state index in [0.717, 1.165) is 12.1 Å². The van der Waals surface area contributed by atoms with Crippen molar-refractivity contribution in [3.05, 3.63) is 33.9 Å². The van der Waals surface area contributed by atoms with E-state index in [9.17, 15) is 20.0 Å². The lowest BCUT2D eigenvalue weighted by molar-refractivity contribution is -0.385. The normalized spacial score (nSPS) is 10.2. The fraction of sp³-hybridized carbons (Fsp3) is 0.417. The molecule has 0 bridgehead atoms. The summed E-state index contributed by atoms with van der Waals surface area (Å²) in [6.45, 7) is 2.84. The van der Waals surface area contributed by atoms with Crippen molar-refractivity contribution in [2.24, 2.45) is 0 Å². The predicted octanol–water partition coefficient (Wildman–Crippen LogP) is 1.41. The number of likely N-dealkylation sites (N-methyl/N-ethyl adjacent to an activating group) is 1. The number of hydrogen-bond acceptors (Lipinski definition) is 5. The lowest BCUT2D eigenvalue weighted by atomic mass is 10.1. The molecule has 0 radical (unpaired) electrons. The van der Waals surface area contributed by atoms with Gasteiger partial charge in [0.15, 0.2) is 0 Å². The van der Waals surface area contributed by atoms with Gasteiger partial charge in [-0.05, 0) is 19.1 Å². The molecule has 0 atom stereocenters. The topological polar surface area (TPSA) is 92.9 Å². The maximum atomic E-state index is 12.2. The van der Waals surface area contributed by atoms with E-state index in [1.807, 2.05) is 0 Å². The molecule has 7 heteroatoms. The van der Waals surface area contributed by atoms with Crippen LogP contribution in [0.2, 0.25) is 0 Å². The molecule has 7 nitrogen and oxygen atoms in total. The summed E-state index contributed by atoms with van der Waals surface area (Å²) in [6.07, 6.45) is 0. The van der Waals surface area contributed by atoms with Crippen LogP contribution in [-0.2, 0) is 4.74 Å². The molecule has 1 amide bonds. The summed E-state index contributed by atoms with van der Waals surface area (Å²) in [7, 11) is 1.51. The van der Waals surface area contributed by atoms with Gasteiger partial charge >= 0.3 is 0 Å². The third kappa shape index (κ3) is 3.65. The first-order valence-corrected chi connectivity index (χ1v) is 5.76. The lowest BCUT2D eigenvalue weighted by Crippen LogP contribution is -2.34. The number of phenols is 1. The third-order valence-electron chi connectivity index (χ3n) is 2.64. The van der Waals surface area contributed by atoms with Gasteiger partial charge in [0.25, 0.3) is 11.6 Å². The molecule has 0 aliphatic heterocycles. The van der Waals surface area contributed by atoms with Crippen molar-refractivity contribution in [2.45, 2.75) is 6.92 Å². The van der Waals surface area contributed by atoms with Gasteiger partial charge in [0.05, 0.1) is 11.5 Å². The van der Waals surface area contributed by atoms with Crippen LogP contribution in [0, 0.1) is 10.1 Å². The van der Waals surface area contributed by atoms with Gasteiger partial charge in [-0.15, -0.1) is 0 Å². The Hall–Kier alpha value is -2.15. The number of phenolic OH excluding ortho intramolecular Hbond substituents is 1. The lowest BCUT2D eigenvalue weighted by Gasteiger charge is -2.20. The molecule has 0 aliphatic rings. The molecule has 19 heavy (non-hydrogen) atoms.